The molecule has 1 heterocycles. The Morgan fingerprint density at radius 1 is 1.14 bits per heavy atom. The highest BCUT2D eigenvalue weighted by Gasteiger charge is 2.31. The van der Waals surface area contributed by atoms with Gasteiger partial charge < -0.3 is 15.0 Å². The fraction of sp³-hybridized carbons (Fsp3) is 0.250. The number of ether oxygens (including phenoxy) is 1. The topological polar surface area (TPSA) is 105 Å². The summed E-state index contributed by atoms with van der Waals surface area (Å²) < 4.78 is 33.0. The van der Waals surface area contributed by atoms with Crippen molar-refractivity contribution < 1.29 is 22.7 Å². The molecule has 3 rings (SSSR count). The molecule has 2 aromatic rings. The Balaban J connectivity index is 1.57. The van der Waals surface area contributed by atoms with Gasteiger partial charge in [0.1, 0.15) is 11.4 Å². The van der Waals surface area contributed by atoms with Crippen molar-refractivity contribution in [3.8, 4) is 0 Å². The number of amidine groups is 1. The second kappa shape index (κ2) is 8.04. The number of benzene rings is 2. The van der Waals surface area contributed by atoms with Crippen LogP contribution in [0.15, 0.2) is 51.8 Å². The molecule has 0 aliphatic carbocycles. The van der Waals surface area contributed by atoms with E-state index >= 15 is 0 Å². The first-order valence-electron chi connectivity index (χ1n) is 8.85. The van der Waals surface area contributed by atoms with Gasteiger partial charge in [-0.25, -0.2) is 0 Å². The molecule has 2 aromatic carbocycles. The number of anilines is 1. The summed E-state index contributed by atoms with van der Waals surface area (Å²) in [6, 6.07) is 12.0. The minimum absolute atomic E-state index is 0.100. The highest BCUT2D eigenvalue weighted by Crippen LogP contribution is 2.26. The van der Waals surface area contributed by atoms with E-state index in [2.05, 4.69) is 9.71 Å². The van der Waals surface area contributed by atoms with Gasteiger partial charge in [-0.3, -0.25) is 9.59 Å². The molecule has 0 fully saturated rings. The molecule has 1 aliphatic heterocycles. The van der Waals surface area contributed by atoms with Crippen LogP contribution in [0.25, 0.3) is 0 Å². The van der Waals surface area contributed by atoms with Crippen molar-refractivity contribution in [3.05, 3.63) is 59.2 Å². The van der Waals surface area contributed by atoms with E-state index in [0.717, 1.165) is 11.1 Å². The van der Waals surface area contributed by atoms with Gasteiger partial charge in [0.05, 0.1) is 0 Å². The minimum atomic E-state index is -3.77. The van der Waals surface area contributed by atoms with E-state index in [0.29, 0.717) is 11.3 Å². The Hall–Kier alpha value is -3.20. The number of amides is 1. The lowest BCUT2D eigenvalue weighted by Crippen LogP contribution is -2.34. The first kappa shape index (κ1) is 20.5. The molecule has 0 bridgehead atoms. The minimum Gasteiger partial charge on any atom is -0.454 e. The lowest BCUT2D eigenvalue weighted by molar-refractivity contribution is -0.147. The van der Waals surface area contributed by atoms with E-state index in [1.165, 1.54) is 18.0 Å². The number of fused-ring (bicyclic) bond motifs is 1. The van der Waals surface area contributed by atoms with Crippen molar-refractivity contribution in [3.63, 3.8) is 0 Å². The third-order valence-corrected chi connectivity index (χ3v) is 5.70. The van der Waals surface area contributed by atoms with Crippen molar-refractivity contribution in [2.45, 2.75) is 18.7 Å². The molecule has 8 nitrogen and oxygen atoms in total. The van der Waals surface area contributed by atoms with E-state index < -0.39 is 28.5 Å². The molecular weight excluding hydrogens is 394 g/mol. The molecule has 0 saturated carbocycles. The average Bonchev–Trinajstić information content (AvgIpc) is 2.95. The largest absolute Gasteiger partial charge is 0.454 e. The van der Waals surface area contributed by atoms with Gasteiger partial charge in [0.25, 0.3) is 15.9 Å². The van der Waals surface area contributed by atoms with Crippen molar-refractivity contribution in [2.75, 3.05) is 25.5 Å². The van der Waals surface area contributed by atoms with E-state index in [1.54, 1.807) is 18.2 Å². The van der Waals surface area contributed by atoms with E-state index in [9.17, 15) is 18.0 Å². The molecule has 0 spiro atoms. The van der Waals surface area contributed by atoms with Gasteiger partial charge in [0.15, 0.2) is 12.4 Å². The number of nitrogens with one attached hydrogen (secondary N) is 1. The summed E-state index contributed by atoms with van der Waals surface area (Å²) >= 11 is 0. The van der Waals surface area contributed by atoms with Crippen LogP contribution >= 0.6 is 0 Å². The summed E-state index contributed by atoms with van der Waals surface area (Å²) in [7, 11) is -2.24. The highest BCUT2D eigenvalue weighted by molar-refractivity contribution is 7.90. The lowest BCUT2D eigenvalue weighted by atomic mass is 10.1. The number of aryl methyl sites for hydroxylation is 2. The Morgan fingerprint density at radius 2 is 1.86 bits per heavy atom. The Morgan fingerprint density at radius 3 is 2.62 bits per heavy atom. The molecule has 1 aliphatic rings. The molecular formula is C20H21N3O5S. The van der Waals surface area contributed by atoms with E-state index in [1.807, 2.05) is 32.0 Å². The van der Waals surface area contributed by atoms with Crippen molar-refractivity contribution in [2.24, 2.45) is 4.40 Å². The maximum Gasteiger partial charge on any atom is 0.326 e. The Kier molecular flexibility index (Phi) is 5.69. The lowest BCUT2D eigenvalue weighted by Gasteiger charge is -2.18. The zero-order valence-electron chi connectivity index (χ0n) is 16.3. The van der Waals surface area contributed by atoms with Crippen LogP contribution < -0.4 is 5.32 Å². The first-order valence-corrected chi connectivity index (χ1v) is 10.3. The molecule has 152 valence electrons. The fourth-order valence-electron chi connectivity index (χ4n) is 2.88. The predicted molar refractivity (Wildman–Crippen MR) is 108 cm³/mol. The zero-order valence-corrected chi connectivity index (χ0v) is 17.1. The van der Waals surface area contributed by atoms with E-state index in [-0.39, 0.29) is 17.3 Å². The summed E-state index contributed by atoms with van der Waals surface area (Å²) in [5.41, 5.74) is 2.98. The van der Waals surface area contributed by atoms with Crippen LogP contribution in [0.3, 0.4) is 0 Å². The fourth-order valence-corrected chi connectivity index (χ4v) is 4.13. The third-order valence-electron chi connectivity index (χ3n) is 4.37. The number of rotatable bonds is 5. The Bertz CT molecular complexity index is 1110. The summed E-state index contributed by atoms with van der Waals surface area (Å²) in [6.45, 7) is 3.08. The van der Waals surface area contributed by atoms with Gasteiger partial charge in [-0.2, -0.15) is 8.42 Å². The van der Waals surface area contributed by atoms with Gasteiger partial charge in [0.2, 0.25) is 0 Å². The van der Waals surface area contributed by atoms with Gasteiger partial charge in [-0.15, -0.1) is 4.40 Å². The van der Waals surface area contributed by atoms with Crippen molar-refractivity contribution in [1.82, 2.24) is 4.90 Å². The maximum absolute atomic E-state index is 12.1. The third kappa shape index (κ3) is 4.62. The average molecular weight is 415 g/mol. The number of hydrogen-bond donors (Lipinski definition) is 1. The molecule has 0 radical (unpaired) electrons. The normalized spacial score (nSPS) is 14.0. The van der Waals surface area contributed by atoms with Gasteiger partial charge in [-0.05, 0) is 43.2 Å². The Labute approximate surface area is 169 Å². The monoisotopic (exact) mass is 415 g/mol. The van der Waals surface area contributed by atoms with Crippen molar-refractivity contribution >= 4 is 33.4 Å². The van der Waals surface area contributed by atoms with Crippen LogP contribution in [-0.2, 0) is 24.3 Å². The summed E-state index contributed by atoms with van der Waals surface area (Å²) in [5, 5.41) is 2.71. The number of likely N-dealkylation sites (N-methyl/N-ethyl adjacent to an activating group) is 1. The maximum atomic E-state index is 12.1. The molecule has 9 heteroatoms. The highest BCUT2D eigenvalue weighted by atomic mass is 32.2. The second-order valence-corrected chi connectivity index (χ2v) is 8.34. The molecule has 1 N–H and O–H groups in total. The summed E-state index contributed by atoms with van der Waals surface area (Å²) in [5.74, 6) is -0.966. The van der Waals surface area contributed by atoms with Gasteiger partial charge in [0, 0.05) is 18.3 Å². The number of sulfonamides is 1. The van der Waals surface area contributed by atoms with E-state index in [4.69, 9.17) is 4.74 Å². The first-order chi connectivity index (χ1) is 13.7. The number of esters is 1. The van der Waals surface area contributed by atoms with Crippen LogP contribution in [0, 0.1) is 13.8 Å². The molecule has 29 heavy (non-hydrogen) atoms. The van der Waals surface area contributed by atoms with Crippen LogP contribution in [0.1, 0.15) is 16.7 Å². The number of carbonyl (C=O) groups excluding carboxylic acids is 2. The molecule has 0 saturated heterocycles. The summed E-state index contributed by atoms with van der Waals surface area (Å²) in [4.78, 5) is 25.7. The van der Waals surface area contributed by atoms with Gasteiger partial charge in [-0.1, -0.05) is 24.3 Å². The van der Waals surface area contributed by atoms with Crippen LogP contribution in [0.4, 0.5) is 5.69 Å². The van der Waals surface area contributed by atoms with Crippen molar-refractivity contribution in [1.29, 1.82) is 0 Å². The van der Waals surface area contributed by atoms with Crippen LogP contribution in [-0.4, -0.2) is 51.2 Å². The van der Waals surface area contributed by atoms with Crippen LogP contribution in [0.5, 0.6) is 0 Å². The predicted octanol–water partition coefficient (Wildman–Crippen LogP) is 1.87. The van der Waals surface area contributed by atoms with Gasteiger partial charge >= 0.3 is 5.97 Å². The standard InChI is InChI=1S/C20H21N3O5S/c1-13-8-9-14(2)16(10-13)21-18(24)12-28-19(25)11-23(3)20-15-6-4-5-7-17(15)29(26,27)22-20/h4-10H,11-12H2,1-3H3,(H,21,24). The quantitative estimate of drug-likeness (QED) is 0.748. The molecule has 1 amide bonds. The zero-order chi connectivity index (χ0) is 21.2. The molecule has 0 aromatic heterocycles. The van der Waals surface area contributed by atoms with Crippen LogP contribution in [0.2, 0.25) is 0 Å². The number of hydrogen-bond acceptors (Lipinski definition) is 6. The number of nitrogens with zero attached hydrogens (tertiary/aromatic N) is 2. The molecule has 0 atom stereocenters. The smallest absolute Gasteiger partial charge is 0.326 e. The summed E-state index contributed by atoms with van der Waals surface area (Å²) in [6.07, 6.45) is 0. The molecule has 0 unspecified atom stereocenters. The number of carbonyl (C=O) groups is 2. The SMILES string of the molecule is Cc1ccc(C)c(NC(=O)COC(=O)CN(C)C2=NS(=O)(=O)c3ccccc32)c1. The second-order valence-electron chi connectivity index (χ2n) is 6.77.